The highest BCUT2D eigenvalue weighted by Crippen LogP contribution is 2.31. The van der Waals surface area contributed by atoms with Crippen molar-refractivity contribution in [1.82, 2.24) is 19.1 Å². The fourth-order valence-electron chi connectivity index (χ4n) is 2.69. The molecule has 0 saturated carbocycles. The lowest BCUT2D eigenvalue weighted by Crippen LogP contribution is -2.50. The van der Waals surface area contributed by atoms with Crippen LogP contribution in [0.4, 0.5) is 0 Å². The molecule has 0 aliphatic carbocycles. The second kappa shape index (κ2) is 6.28. The van der Waals surface area contributed by atoms with Crippen molar-refractivity contribution >= 4 is 27.6 Å². The van der Waals surface area contributed by atoms with Gasteiger partial charge in [-0.2, -0.15) is 4.31 Å². The van der Waals surface area contributed by atoms with Crippen LogP contribution in [0.15, 0.2) is 23.1 Å². The van der Waals surface area contributed by atoms with E-state index in [0.29, 0.717) is 17.4 Å². The number of methoxy groups -OCH3 is 1. The molecule has 1 unspecified atom stereocenters. The van der Waals surface area contributed by atoms with Gasteiger partial charge < -0.3 is 14.4 Å². The number of nitrogens with zero attached hydrogens (tertiary/aromatic N) is 4. The zero-order valence-electron chi connectivity index (χ0n) is 13.4. The van der Waals surface area contributed by atoms with Crippen LogP contribution in [0.25, 0.3) is 0 Å². The van der Waals surface area contributed by atoms with Gasteiger partial charge in [0.15, 0.2) is 0 Å². The summed E-state index contributed by atoms with van der Waals surface area (Å²) in [4.78, 5) is 11.5. The van der Waals surface area contributed by atoms with E-state index in [2.05, 4.69) is 10.2 Å². The first-order valence-corrected chi connectivity index (χ1v) is 9.04. The summed E-state index contributed by atoms with van der Waals surface area (Å²) in [7, 11) is -2.69. The lowest BCUT2D eigenvalue weighted by atomic mass is 10.2. The van der Waals surface area contributed by atoms with Gasteiger partial charge in [-0.15, -0.1) is 10.2 Å². The van der Waals surface area contributed by atoms with E-state index in [1.807, 2.05) is 0 Å². The second-order valence-electron chi connectivity index (χ2n) is 5.47. The summed E-state index contributed by atoms with van der Waals surface area (Å²) in [6.45, 7) is 1.43. The number of benzene rings is 1. The minimum absolute atomic E-state index is 0.0629. The number of rotatable bonds is 4. The molecular formula is C14H15ClN4O5S. The number of aliphatic carboxylic acids is 1. The van der Waals surface area contributed by atoms with Crippen molar-refractivity contribution in [1.29, 1.82) is 0 Å². The predicted octanol–water partition coefficient (Wildman–Crippen LogP) is 0.906. The molecule has 11 heteroatoms. The van der Waals surface area contributed by atoms with Crippen LogP contribution in [0.1, 0.15) is 11.6 Å². The molecule has 9 nitrogen and oxygen atoms in total. The maximum atomic E-state index is 13.0. The largest absolute Gasteiger partial charge is 0.495 e. The Morgan fingerprint density at radius 1 is 1.40 bits per heavy atom. The topological polar surface area (TPSA) is 115 Å². The number of fused-ring (bicyclic) bond motifs is 1. The number of carboxylic acid groups (broad SMARTS) is 1. The van der Waals surface area contributed by atoms with Crippen LogP contribution in [0.3, 0.4) is 0 Å². The molecule has 1 N–H and O–H groups in total. The number of aryl methyl sites for hydroxylation is 1. The van der Waals surface area contributed by atoms with E-state index in [1.54, 1.807) is 11.5 Å². The minimum Gasteiger partial charge on any atom is -0.495 e. The van der Waals surface area contributed by atoms with Crippen molar-refractivity contribution in [2.24, 2.45) is 0 Å². The summed E-state index contributed by atoms with van der Waals surface area (Å²) in [6, 6.07) is 2.71. The first kappa shape index (κ1) is 17.6. The average Bonchev–Trinajstić information content (AvgIpc) is 2.94. The van der Waals surface area contributed by atoms with Crippen molar-refractivity contribution in [2.45, 2.75) is 31.0 Å². The molecule has 0 saturated heterocycles. The monoisotopic (exact) mass is 386 g/mol. The van der Waals surface area contributed by atoms with Gasteiger partial charge in [0.1, 0.15) is 23.4 Å². The van der Waals surface area contributed by atoms with Gasteiger partial charge in [0.2, 0.25) is 10.0 Å². The molecule has 0 bridgehead atoms. The molecule has 134 valence electrons. The van der Waals surface area contributed by atoms with Crippen molar-refractivity contribution < 1.29 is 23.1 Å². The number of sulfonamides is 1. The second-order valence-corrected chi connectivity index (χ2v) is 7.77. The van der Waals surface area contributed by atoms with E-state index in [4.69, 9.17) is 16.3 Å². The molecule has 3 rings (SSSR count). The normalized spacial score (nSPS) is 18.0. The van der Waals surface area contributed by atoms with Gasteiger partial charge in [-0.25, -0.2) is 8.42 Å². The number of aromatic nitrogens is 3. The van der Waals surface area contributed by atoms with Crippen LogP contribution in [0.2, 0.25) is 5.02 Å². The molecule has 1 aromatic carbocycles. The fourth-order valence-corrected chi connectivity index (χ4v) is 4.57. The van der Waals surface area contributed by atoms with Gasteiger partial charge in [-0.1, -0.05) is 11.6 Å². The van der Waals surface area contributed by atoms with E-state index in [-0.39, 0.29) is 23.0 Å². The van der Waals surface area contributed by atoms with Crippen LogP contribution in [0, 0.1) is 6.92 Å². The predicted molar refractivity (Wildman–Crippen MR) is 86.9 cm³/mol. The van der Waals surface area contributed by atoms with E-state index in [1.165, 1.54) is 25.3 Å². The first-order chi connectivity index (χ1) is 11.8. The van der Waals surface area contributed by atoms with Crippen molar-refractivity contribution in [2.75, 3.05) is 7.11 Å². The Morgan fingerprint density at radius 3 is 2.72 bits per heavy atom. The maximum absolute atomic E-state index is 13.0. The highest BCUT2D eigenvalue weighted by atomic mass is 35.5. The average molecular weight is 387 g/mol. The first-order valence-electron chi connectivity index (χ1n) is 7.22. The van der Waals surface area contributed by atoms with Gasteiger partial charge in [-0.3, -0.25) is 4.79 Å². The Kier molecular flexibility index (Phi) is 4.43. The summed E-state index contributed by atoms with van der Waals surface area (Å²) in [5, 5.41) is 17.4. The molecule has 0 fully saturated rings. The lowest BCUT2D eigenvalue weighted by Gasteiger charge is -2.32. The summed E-state index contributed by atoms with van der Waals surface area (Å²) < 4.78 is 33.5. The molecule has 1 aliphatic rings. The van der Waals surface area contributed by atoms with Crippen molar-refractivity contribution in [3.8, 4) is 5.75 Å². The van der Waals surface area contributed by atoms with Gasteiger partial charge in [0.05, 0.1) is 30.1 Å². The van der Waals surface area contributed by atoms with Crippen LogP contribution in [0.5, 0.6) is 5.75 Å². The molecule has 2 heterocycles. The third kappa shape index (κ3) is 2.96. The van der Waals surface area contributed by atoms with Crippen LogP contribution in [-0.2, 0) is 27.9 Å². The summed E-state index contributed by atoms with van der Waals surface area (Å²) in [6.07, 6.45) is 0. The SMILES string of the molecule is COc1ccc(S(=O)(=O)N2Cc3nnc(C)n3CC2C(=O)O)cc1Cl. The number of hydrogen-bond acceptors (Lipinski definition) is 6. The Bertz CT molecular complexity index is 943. The smallest absolute Gasteiger partial charge is 0.323 e. The number of halogens is 1. The molecule has 1 aromatic heterocycles. The lowest BCUT2D eigenvalue weighted by molar-refractivity contribution is -0.142. The number of carboxylic acids is 1. The third-order valence-electron chi connectivity index (χ3n) is 4.03. The van der Waals surface area contributed by atoms with E-state index in [0.717, 1.165) is 4.31 Å². The third-order valence-corrected chi connectivity index (χ3v) is 6.17. The Balaban J connectivity index is 2.05. The zero-order valence-corrected chi connectivity index (χ0v) is 15.0. The van der Waals surface area contributed by atoms with E-state index in [9.17, 15) is 18.3 Å². The van der Waals surface area contributed by atoms with Gasteiger partial charge in [-0.05, 0) is 25.1 Å². The number of ether oxygens (including phenoxy) is 1. The summed E-state index contributed by atoms with van der Waals surface area (Å²) in [5.74, 6) is -0.00433. The van der Waals surface area contributed by atoms with Crippen LogP contribution < -0.4 is 4.74 Å². The summed E-state index contributed by atoms with van der Waals surface area (Å²) in [5.41, 5.74) is 0. The standard InChI is InChI=1S/C14H15ClN4O5S/c1-8-16-17-13-7-19(11(14(20)21)6-18(8)13)25(22,23)9-3-4-12(24-2)10(15)5-9/h3-5,11H,6-7H2,1-2H3,(H,20,21). The quantitative estimate of drug-likeness (QED) is 0.830. The highest BCUT2D eigenvalue weighted by Gasteiger charge is 2.41. The van der Waals surface area contributed by atoms with Gasteiger partial charge in [0, 0.05) is 0 Å². The molecule has 1 atom stereocenters. The molecular weight excluding hydrogens is 372 g/mol. The van der Waals surface area contributed by atoms with Crippen LogP contribution >= 0.6 is 11.6 Å². The number of hydrogen-bond donors (Lipinski definition) is 1. The fraction of sp³-hybridized carbons (Fsp3) is 0.357. The van der Waals surface area contributed by atoms with Gasteiger partial charge >= 0.3 is 5.97 Å². The Hall–Kier alpha value is -2.17. The minimum atomic E-state index is -4.11. The summed E-state index contributed by atoms with van der Waals surface area (Å²) >= 11 is 6.01. The molecule has 0 radical (unpaired) electrons. The maximum Gasteiger partial charge on any atom is 0.323 e. The van der Waals surface area contributed by atoms with E-state index >= 15 is 0 Å². The molecule has 0 spiro atoms. The van der Waals surface area contributed by atoms with E-state index < -0.39 is 22.0 Å². The highest BCUT2D eigenvalue weighted by molar-refractivity contribution is 7.89. The number of carbonyl (C=O) groups is 1. The molecule has 2 aromatic rings. The molecule has 0 amide bonds. The van der Waals surface area contributed by atoms with Gasteiger partial charge in [0.25, 0.3) is 0 Å². The van der Waals surface area contributed by atoms with Crippen molar-refractivity contribution in [3.05, 3.63) is 34.9 Å². The Labute approximate surface area is 148 Å². The molecule has 25 heavy (non-hydrogen) atoms. The van der Waals surface area contributed by atoms with Crippen molar-refractivity contribution in [3.63, 3.8) is 0 Å². The van der Waals surface area contributed by atoms with Crippen LogP contribution in [-0.4, -0.2) is 51.7 Å². The zero-order chi connectivity index (χ0) is 18.4. The Morgan fingerprint density at radius 2 is 2.12 bits per heavy atom. The molecule has 1 aliphatic heterocycles.